The Labute approximate surface area is 71.5 Å². The van der Waals surface area contributed by atoms with E-state index >= 15 is 0 Å². The zero-order valence-electron chi connectivity index (χ0n) is 6.86. The van der Waals surface area contributed by atoms with Gasteiger partial charge in [-0.2, -0.15) is 0 Å². The zero-order valence-corrected chi connectivity index (χ0v) is 6.86. The van der Waals surface area contributed by atoms with Crippen LogP contribution < -0.4 is 5.73 Å². The Balaban J connectivity index is 2.06. The van der Waals surface area contributed by atoms with E-state index in [0.29, 0.717) is 12.5 Å². The Morgan fingerprint density at radius 1 is 1.75 bits per heavy atom. The lowest BCUT2D eigenvalue weighted by atomic mass is 10.1. The Morgan fingerprint density at radius 2 is 2.58 bits per heavy atom. The largest absolute Gasteiger partial charge is 0.368 e. The maximum Gasteiger partial charge on any atom is 0.236 e. The summed E-state index contributed by atoms with van der Waals surface area (Å²) in [4.78, 5) is 12.7. The molecule has 1 heterocycles. The van der Waals surface area contributed by atoms with Gasteiger partial charge >= 0.3 is 0 Å². The molecule has 0 aromatic rings. The molecule has 1 fully saturated rings. The molecule has 1 unspecified atom stereocenters. The fraction of sp³-hybridized carbons (Fsp3) is 0.444. The van der Waals surface area contributed by atoms with Crippen LogP contribution >= 0.6 is 0 Å². The summed E-state index contributed by atoms with van der Waals surface area (Å²) < 4.78 is 0. The second-order valence-corrected chi connectivity index (χ2v) is 3.26. The molecule has 2 aliphatic rings. The Hall–Kier alpha value is -1.25. The van der Waals surface area contributed by atoms with E-state index in [1.807, 2.05) is 6.08 Å². The summed E-state index contributed by atoms with van der Waals surface area (Å²) in [6.07, 6.45) is 7.42. The summed E-state index contributed by atoms with van der Waals surface area (Å²) in [5.41, 5.74) is 6.38. The van der Waals surface area contributed by atoms with Crippen LogP contribution in [0.2, 0.25) is 0 Å². The van der Waals surface area contributed by atoms with Gasteiger partial charge in [0.25, 0.3) is 0 Å². The van der Waals surface area contributed by atoms with Gasteiger partial charge in [-0.25, -0.2) is 0 Å². The molecule has 1 aliphatic heterocycles. The molecule has 12 heavy (non-hydrogen) atoms. The van der Waals surface area contributed by atoms with Crippen LogP contribution in [0.1, 0.15) is 6.42 Å². The molecule has 0 saturated carbocycles. The molecule has 1 aliphatic carbocycles. The number of amides is 1. The van der Waals surface area contributed by atoms with Crippen LogP contribution in [0.15, 0.2) is 23.9 Å². The van der Waals surface area contributed by atoms with Crippen molar-refractivity contribution in [3.8, 4) is 0 Å². The summed E-state index contributed by atoms with van der Waals surface area (Å²) in [7, 11) is 0. The molecule has 1 amide bonds. The molecule has 1 saturated heterocycles. The number of nitrogens with two attached hydrogens (primary N) is 1. The fourth-order valence-corrected chi connectivity index (χ4v) is 1.88. The Bertz CT molecular complexity index is 268. The lowest BCUT2D eigenvalue weighted by molar-refractivity contribution is -0.118. The predicted octanol–water partition coefficient (Wildman–Crippen LogP) is 0.247. The minimum Gasteiger partial charge on any atom is -0.368 e. The highest BCUT2D eigenvalue weighted by Crippen LogP contribution is 2.32. The highest BCUT2D eigenvalue weighted by molar-refractivity contribution is 5.76. The Kier molecular flexibility index (Phi) is 1.64. The van der Waals surface area contributed by atoms with Gasteiger partial charge in [-0.1, -0.05) is 12.2 Å². The van der Waals surface area contributed by atoms with Crippen LogP contribution in [-0.4, -0.2) is 23.9 Å². The number of hydrogen-bond donors (Lipinski definition) is 1. The molecule has 64 valence electrons. The fourth-order valence-electron chi connectivity index (χ4n) is 1.88. The first-order chi connectivity index (χ1) is 5.77. The van der Waals surface area contributed by atoms with Gasteiger partial charge in [0.15, 0.2) is 0 Å². The third kappa shape index (κ3) is 1.11. The number of hydrogen-bond acceptors (Lipinski definition) is 2. The number of primary amides is 1. The van der Waals surface area contributed by atoms with Crippen LogP contribution in [0.25, 0.3) is 0 Å². The van der Waals surface area contributed by atoms with Crippen LogP contribution in [0.3, 0.4) is 0 Å². The van der Waals surface area contributed by atoms with Gasteiger partial charge in [0.05, 0.1) is 6.54 Å². The molecule has 2 N–H and O–H groups in total. The lowest BCUT2D eigenvalue weighted by Crippen LogP contribution is -2.30. The van der Waals surface area contributed by atoms with Crippen molar-refractivity contribution in [1.29, 1.82) is 0 Å². The quantitative estimate of drug-likeness (QED) is 0.635. The predicted molar refractivity (Wildman–Crippen MR) is 46.1 cm³/mol. The van der Waals surface area contributed by atoms with Crippen LogP contribution in [0, 0.1) is 5.92 Å². The number of carbonyl (C=O) groups is 1. The van der Waals surface area contributed by atoms with Crippen molar-refractivity contribution in [2.24, 2.45) is 11.7 Å². The minimum atomic E-state index is -0.247. The average Bonchev–Trinajstić information content (AvgIpc) is 2.52. The third-order valence-corrected chi connectivity index (χ3v) is 2.41. The summed E-state index contributed by atoms with van der Waals surface area (Å²) >= 11 is 0. The number of fused-ring (bicyclic) bond motifs is 1. The second-order valence-electron chi connectivity index (χ2n) is 3.26. The highest BCUT2D eigenvalue weighted by atomic mass is 16.1. The van der Waals surface area contributed by atoms with Crippen molar-refractivity contribution in [2.45, 2.75) is 6.42 Å². The number of rotatable bonds is 2. The van der Waals surface area contributed by atoms with E-state index in [2.05, 4.69) is 17.1 Å². The highest BCUT2D eigenvalue weighted by Gasteiger charge is 2.27. The van der Waals surface area contributed by atoms with Crippen molar-refractivity contribution in [1.82, 2.24) is 4.90 Å². The zero-order chi connectivity index (χ0) is 8.55. The lowest BCUT2D eigenvalue weighted by Gasteiger charge is -2.17. The van der Waals surface area contributed by atoms with Gasteiger partial charge in [0.2, 0.25) is 5.91 Å². The molecule has 2 rings (SSSR count). The van der Waals surface area contributed by atoms with Gasteiger partial charge in [0, 0.05) is 18.2 Å². The van der Waals surface area contributed by atoms with Gasteiger partial charge < -0.3 is 10.6 Å². The number of nitrogens with zero attached hydrogens (tertiary/aromatic N) is 1. The summed E-state index contributed by atoms with van der Waals surface area (Å²) in [6.45, 7) is 1.33. The standard InChI is InChI=1S/C9H12N2O/c10-9(12)6-11-5-4-7-2-1-3-8(7)11/h1-3,7H,4-6H2,(H2,10,12). The number of allylic oxidation sites excluding steroid dienone is 3. The van der Waals surface area contributed by atoms with Crippen molar-refractivity contribution in [3.63, 3.8) is 0 Å². The van der Waals surface area contributed by atoms with E-state index in [9.17, 15) is 4.79 Å². The van der Waals surface area contributed by atoms with Crippen LogP contribution in [0.4, 0.5) is 0 Å². The van der Waals surface area contributed by atoms with Crippen molar-refractivity contribution >= 4 is 5.91 Å². The van der Waals surface area contributed by atoms with Gasteiger partial charge in [-0.05, 0) is 12.5 Å². The molecule has 0 spiro atoms. The van der Waals surface area contributed by atoms with Crippen molar-refractivity contribution in [2.75, 3.05) is 13.1 Å². The van der Waals surface area contributed by atoms with E-state index in [-0.39, 0.29) is 5.91 Å². The average molecular weight is 164 g/mol. The van der Waals surface area contributed by atoms with Crippen LogP contribution in [-0.2, 0) is 4.79 Å². The van der Waals surface area contributed by atoms with Crippen molar-refractivity contribution in [3.05, 3.63) is 23.9 Å². The second kappa shape index (κ2) is 2.66. The molecule has 0 aromatic carbocycles. The molecule has 0 aromatic heterocycles. The molecule has 0 radical (unpaired) electrons. The molecule has 0 bridgehead atoms. The maximum atomic E-state index is 10.7. The van der Waals surface area contributed by atoms with Crippen LogP contribution in [0.5, 0.6) is 0 Å². The van der Waals surface area contributed by atoms with E-state index in [0.717, 1.165) is 13.0 Å². The Morgan fingerprint density at radius 3 is 3.33 bits per heavy atom. The molecule has 1 atom stereocenters. The minimum absolute atomic E-state index is 0.247. The normalized spacial score (nSPS) is 25.8. The molecule has 3 heteroatoms. The molecule has 3 nitrogen and oxygen atoms in total. The van der Waals surface area contributed by atoms with Crippen molar-refractivity contribution < 1.29 is 4.79 Å². The summed E-state index contributed by atoms with van der Waals surface area (Å²) in [5.74, 6) is 0.299. The first-order valence-electron chi connectivity index (χ1n) is 4.19. The topological polar surface area (TPSA) is 46.3 Å². The van der Waals surface area contributed by atoms with E-state index in [4.69, 9.17) is 5.73 Å². The monoisotopic (exact) mass is 164 g/mol. The first-order valence-corrected chi connectivity index (χ1v) is 4.19. The SMILES string of the molecule is NC(=O)CN1CCC2C=CC=C21. The van der Waals surface area contributed by atoms with E-state index < -0.39 is 0 Å². The number of carbonyl (C=O) groups excluding carboxylic acids is 1. The summed E-state index contributed by atoms with van der Waals surface area (Å²) in [6, 6.07) is 0. The van der Waals surface area contributed by atoms with Gasteiger partial charge in [0.1, 0.15) is 0 Å². The van der Waals surface area contributed by atoms with Gasteiger partial charge in [-0.15, -0.1) is 0 Å². The van der Waals surface area contributed by atoms with E-state index in [1.165, 1.54) is 5.70 Å². The maximum absolute atomic E-state index is 10.7. The third-order valence-electron chi connectivity index (χ3n) is 2.41. The first kappa shape index (κ1) is 7.40. The molecular weight excluding hydrogens is 152 g/mol. The summed E-state index contributed by atoms with van der Waals surface area (Å²) in [5, 5.41) is 0. The number of likely N-dealkylation sites (tertiary alicyclic amines) is 1. The smallest absolute Gasteiger partial charge is 0.236 e. The van der Waals surface area contributed by atoms with E-state index in [1.54, 1.807) is 0 Å². The van der Waals surface area contributed by atoms with Gasteiger partial charge in [-0.3, -0.25) is 4.79 Å². The molecular formula is C9H12N2O.